The molecule has 0 radical (unpaired) electrons. The molecular weight excluding hydrogens is 402 g/mol. The van der Waals surface area contributed by atoms with Gasteiger partial charge in [-0.1, -0.05) is 51.1 Å². The largest absolute Gasteiger partial charge is 0.352 e. The third-order valence-electron chi connectivity index (χ3n) is 6.01. The number of carbonyl (C=O) groups excluding carboxylic acids is 2. The molecule has 1 aromatic heterocycles. The number of nitrogens with zero attached hydrogens (tertiary/aromatic N) is 5. The Morgan fingerprint density at radius 2 is 1.66 bits per heavy atom. The van der Waals surface area contributed by atoms with E-state index in [0.717, 1.165) is 23.5 Å². The molecule has 2 heterocycles. The molecule has 1 fully saturated rings. The van der Waals surface area contributed by atoms with Crippen LogP contribution in [0.2, 0.25) is 0 Å². The molecule has 2 amide bonds. The van der Waals surface area contributed by atoms with E-state index in [4.69, 9.17) is 0 Å². The lowest BCUT2D eigenvalue weighted by atomic mass is 10.1. The van der Waals surface area contributed by atoms with Crippen molar-refractivity contribution in [1.29, 1.82) is 0 Å². The van der Waals surface area contributed by atoms with Gasteiger partial charge in [-0.05, 0) is 31.4 Å². The van der Waals surface area contributed by atoms with Crippen LogP contribution in [-0.2, 0) is 9.59 Å². The van der Waals surface area contributed by atoms with Crippen LogP contribution in [0, 0.1) is 5.92 Å². The van der Waals surface area contributed by atoms with Gasteiger partial charge in [0.05, 0.1) is 12.2 Å². The minimum Gasteiger partial charge on any atom is -0.352 e. The summed E-state index contributed by atoms with van der Waals surface area (Å²) in [5.74, 6) is 1.19. The lowest BCUT2D eigenvalue weighted by molar-refractivity contribution is -0.143. The third-order valence-corrected chi connectivity index (χ3v) is 6.01. The van der Waals surface area contributed by atoms with Gasteiger partial charge < -0.3 is 14.7 Å². The molecule has 1 aliphatic rings. The van der Waals surface area contributed by atoms with Gasteiger partial charge in [-0.3, -0.25) is 9.59 Å². The number of aromatic nitrogens is 2. The monoisotopic (exact) mass is 437 g/mol. The van der Waals surface area contributed by atoms with Crippen LogP contribution < -0.4 is 4.90 Å². The molecule has 1 aromatic carbocycles. The van der Waals surface area contributed by atoms with Crippen molar-refractivity contribution in [2.45, 2.75) is 46.6 Å². The first-order valence-corrected chi connectivity index (χ1v) is 11.6. The highest BCUT2D eigenvalue weighted by atomic mass is 16.2. The summed E-state index contributed by atoms with van der Waals surface area (Å²) in [6, 6.07) is 14.0. The van der Waals surface area contributed by atoms with Crippen molar-refractivity contribution in [3.8, 4) is 11.3 Å². The molecule has 32 heavy (non-hydrogen) atoms. The van der Waals surface area contributed by atoms with E-state index in [9.17, 15) is 9.59 Å². The summed E-state index contributed by atoms with van der Waals surface area (Å²) in [4.78, 5) is 31.4. The molecule has 3 rings (SSSR count). The molecule has 1 aliphatic heterocycles. The van der Waals surface area contributed by atoms with E-state index in [0.29, 0.717) is 32.6 Å². The van der Waals surface area contributed by atoms with Crippen molar-refractivity contribution in [2.24, 2.45) is 5.92 Å². The van der Waals surface area contributed by atoms with Gasteiger partial charge in [-0.25, -0.2) is 0 Å². The van der Waals surface area contributed by atoms with Gasteiger partial charge >= 0.3 is 0 Å². The fourth-order valence-electron chi connectivity index (χ4n) is 3.86. The fourth-order valence-corrected chi connectivity index (χ4v) is 3.86. The maximum Gasteiger partial charge on any atom is 0.242 e. The number of carbonyl (C=O) groups is 2. The maximum absolute atomic E-state index is 12.9. The van der Waals surface area contributed by atoms with Crippen LogP contribution >= 0.6 is 0 Å². The van der Waals surface area contributed by atoms with Gasteiger partial charge in [0.1, 0.15) is 0 Å². The quantitative estimate of drug-likeness (QED) is 0.633. The lowest BCUT2D eigenvalue weighted by Gasteiger charge is -2.37. The molecule has 0 bridgehead atoms. The van der Waals surface area contributed by atoms with Gasteiger partial charge in [0.25, 0.3) is 0 Å². The zero-order valence-electron chi connectivity index (χ0n) is 19.7. The Labute approximate surface area is 191 Å². The summed E-state index contributed by atoms with van der Waals surface area (Å²) in [6.45, 7) is 10.9. The van der Waals surface area contributed by atoms with Crippen molar-refractivity contribution < 1.29 is 9.59 Å². The van der Waals surface area contributed by atoms with Crippen molar-refractivity contribution in [3.05, 3.63) is 42.5 Å². The normalized spacial score (nSPS) is 15.0. The minimum absolute atomic E-state index is 0.0209. The summed E-state index contributed by atoms with van der Waals surface area (Å²) >= 11 is 0. The van der Waals surface area contributed by atoms with E-state index in [2.05, 4.69) is 15.1 Å². The Bertz CT molecular complexity index is 877. The maximum atomic E-state index is 12.9. The second kappa shape index (κ2) is 11.1. The molecule has 7 nitrogen and oxygen atoms in total. The molecule has 7 heteroatoms. The Kier molecular flexibility index (Phi) is 8.20. The van der Waals surface area contributed by atoms with E-state index in [-0.39, 0.29) is 30.3 Å². The summed E-state index contributed by atoms with van der Waals surface area (Å²) in [5.41, 5.74) is 1.89. The van der Waals surface area contributed by atoms with Crippen LogP contribution in [0.5, 0.6) is 0 Å². The summed E-state index contributed by atoms with van der Waals surface area (Å²) < 4.78 is 0. The highest BCUT2D eigenvalue weighted by Crippen LogP contribution is 2.19. The van der Waals surface area contributed by atoms with E-state index in [1.165, 1.54) is 0 Å². The highest BCUT2D eigenvalue weighted by Gasteiger charge is 2.27. The standard InChI is InChI=1S/C25H35N5O2/c1-5-20(4)30(24(31)17-19(2)3)18-25(32)29-15-13-28(14-16-29)23-12-11-22(26-27-23)21-9-7-6-8-10-21/h6-12,19-20H,5,13-18H2,1-4H3/t20-/m1/s1. The van der Waals surface area contributed by atoms with Gasteiger partial charge in [0, 0.05) is 44.2 Å². The van der Waals surface area contributed by atoms with Crippen LogP contribution in [0.15, 0.2) is 42.5 Å². The molecule has 1 saturated heterocycles. The molecule has 1 atom stereocenters. The smallest absolute Gasteiger partial charge is 0.242 e. The second-order valence-electron chi connectivity index (χ2n) is 8.89. The predicted molar refractivity (Wildman–Crippen MR) is 127 cm³/mol. The number of anilines is 1. The van der Waals surface area contributed by atoms with Crippen LogP contribution in [0.4, 0.5) is 5.82 Å². The SMILES string of the molecule is CC[C@@H](C)N(CC(=O)N1CCN(c2ccc(-c3ccccc3)nn2)CC1)C(=O)CC(C)C. The number of benzene rings is 1. The second-order valence-corrected chi connectivity index (χ2v) is 8.89. The van der Waals surface area contributed by atoms with Crippen molar-refractivity contribution in [2.75, 3.05) is 37.6 Å². The average molecular weight is 438 g/mol. The molecule has 0 aliphatic carbocycles. The van der Waals surface area contributed by atoms with Crippen LogP contribution in [-0.4, -0.2) is 70.6 Å². The first-order chi connectivity index (χ1) is 15.4. The number of amides is 2. The molecule has 2 aromatic rings. The first kappa shape index (κ1) is 23.7. The summed E-state index contributed by atoms with van der Waals surface area (Å²) in [5, 5.41) is 8.77. The Balaban J connectivity index is 1.56. The Hall–Kier alpha value is -2.96. The van der Waals surface area contributed by atoms with Gasteiger partial charge in [0.15, 0.2) is 5.82 Å². The third kappa shape index (κ3) is 6.05. The molecule has 0 saturated carbocycles. The van der Waals surface area contributed by atoms with Crippen molar-refractivity contribution in [1.82, 2.24) is 20.0 Å². The molecule has 0 N–H and O–H groups in total. The number of rotatable bonds is 8. The molecule has 0 unspecified atom stereocenters. The molecule has 0 spiro atoms. The Morgan fingerprint density at radius 1 is 0.969 bits per heavy atom. The van der Waals surface area contributed by atoms with Crippen molar-refractivity contribution >= 4 is 17.6 Å². The predicted octanol–water partition coefficient (Wildman–Crippen LogP) is 3.47. The van der Waals surface area contributed by atoms with E-state index >= 15 is 0 Å². The van der Waals surface area contributed by atoms with Gasteiger partial charge in [-0.15, -0.1) is 10.2 Å². The van der Waals surface area contributed by atoms with Gasteiger partial charge in [-0.2, -0.15) is 0 Å². The van der Waals surface area contributed by atoms with E-state index < -0.39 is 0 Å². The van der Waals surface area contributed by atoms with Crippen molar-refractivity contribution in [3.63, 3.8) is 0 Å². The fraction of sp³-hybridized carbons (Fsp3) is 0.520. The first-order valence-electron chi connectivity index (χ1n) is 11.6. The topological polar surface area (TPSA) is 69.6 Å². The zero-order valence-corrected chi connectivity index (χ0v) is 19.7. The number of hydrogen-bond acceptors (Lipinski definition) is 5. The van der Waals surface area contributed by atoms with E-state index in [1.54, 1.807) is 4.90 Å². The zero-order chi connectivity index (χ0) is 23.1. The molecule has 172 valence electrons. The summed E-state index contributed by atoms with van der Waals surface area (Å²) in [6.07, 6.45) is 1.31. The van der Waals surface area contributed by atoms with Crippen LogP contribution in [0.3, 0.4) is 0 Å². The average Bonchev–Trinajstić information content (AvgIpc) is 2.82. The minimum atomic E-state index is 0.0209. The van der Waals surface area contributed by atoms with E-state index in [1.807, 2.05) is 75.1 Å². The lowest BCUT2D eigenvalue weighted by Crippen LogP contribution is -2.53. The highest BCUT2D eigenvalue weighted by molar-refractivity contribution is 5.85. The summed E-state index contributed by atoms with van der Waals surface area (Å²) in [7, 11) is 0. The molecular formula is C25H35N5O2. The number of piperazine rings is 1. The van der Waals surface area contributed by atoms with Crippen LogP contribution in [0.25, 0.3) is 11.3 Å². The Morgan fingerprint density at radius 3 is 2.22 bits per heavy atom. The number of hydrogen-bond donors (Lipinski definition) is 0. The van der Waals surface area contributed by atoms with Crippen LogP contribution in [0.1, 0.15) is 40.5 Å². The van der Waals surface area contributed by atoms with Gasteiger partial charge in [0.2, 0.25) is 11.8 Å².